The van der Waals surface area contributed by atoms with Gasteiger partial charge in [-0.25, -0.2) is 0 Å². The number of H-pyrrole nitrogens is 2. The van der Waals surface area contributed by atoms with E-state index in [1.54, 1.807) is 45.3 Å². The highest BCUT2D eigenvalue weighted by Gasteiger charge is 2.39. The monoisotopic (exact) mass is 1720 g/mol. The summed E-state index contributed by atoms with van der Waals surface area (Å²) in [6, 6.07) is 4.43. The number of benzene rings is 3. The molecule has 680 valence electrons. The van der Waals surface area contributed by atoms with Crippen LogP contribution in [0, 0.1) is 17.8 Å². The average Bonchev–Trinajstić information content (AvgIpc) is 1.60. The maximum Gasteiger partial charge on any atom is 0.243 e. The van der Waals surface area contributed by atoms with Crippen LogP contribution in [0.3, 0.4) is 0 Å². The number of aromatic nitrogens is 2. The molecule has 0 saturated heterocycles. The fourth-order valence-corrected chi connectivity index (χ4v) is 14.1. The Bertz CT molecular complexity index is 4260. The highest BCUT2D eigenvalue weighted by Crippen LogP contribution is 2.24. The summed E-state index contributed by atoms with van der Waals surface area (Å²) in [7, 11) is 0. The normalized spacial score (nSPS) is 14.8. The molecule has 5 aromatic rings. The van der Waals surface area contributed by atoms with E-state index in [2.05, 4.69) is 78.4 Å². The van der Waals surface area contributed by atoms with Gasteiger partial charge in [0.15, 0.2) is 11.9 Å². The van der Waals surface area contributed by atoms with Gasteiger partial charge in [-0.1, -0.05) is 103 Å². The van der Waals surface area contributed by atoms with Crippen molar-refractivity contribution < 1.29 is 62.6 Å². The number of aromatic hydroxyl groups is 1. The number of guanidine groups is 2. The third kappa shape index (κ3) is 35.1. The van der Waals surface area contributed by atoms with Gasteiger partial charge >= 0.3 is 0 Å². The van der Waals surface area contributed by atoms with E-state index in [9.17, 15) is 38.7 Å². The zero-order valence-corrected chi connectivity index (χ0v) is 72.1. The van der Waals surface area contributed by atoms with Crippen LogP contribution < -0.4 is 116 Å². The van der Waals surface area contributed by atoms with E-state index in [0.29, 0.717) is 91.8 Å². The number of para-hydroxylation sites is 2. The lowest BCUT2D eigenvalue weighted by Crippen LogP contribution is -2.62. The van der Waals surface area contributed by atoms with Gasteiger partial charge in [0.1, 0.15) is 72.2 Å². The van der Waals surface area contributed by atoms with E-state index in [-0.39, 0.29) is 146 Å². The summed E-state index contributed by atoms with van der Waals surface area (Å²) in [5.41, 5.74) is 61.8. The topological polar surface area (TPSA) is 674 Å². The Kier molecular flexibility index (Phi) is 44.9. The zero-order chi connectivity index (χ0) is 90.7. The van der Waals surface area contributed by atoms with Gasteiger partial charge in [-0.15, -0.1) is 0 Å². The first kappa shape index (κ1) is 102. The Morgan fingerprint density at radius 2 is 0.667 bits per heavy atom. The maximum atomic E-state index is 15.3. The van der Waals surface area contributed by atoms with Crippen molar-refractivity contribution in [3.8, 4) is 5.75 Å². The molecule has 0 saturated carbocycles. The standard InChI is InChI=1S/C85H137N25O13/c1-7-50(5)70(109-73(113)58(90)43-49(3)4)82(122)105-63(29-15-19-39-88)75(115)101-64(30-16-20-40-89)79(119)110-71(51(6)8-2)83(123)108-68(44-52-33-35-55(111)36-34-52)80(120)104-65(31-21-41-96-84(92)93)76(116)100-62(28-14-18-38-87)78(118)107-69(46-54-48-99-60-26-12-10-24-57(54)60)81(121)103-61(27-13-17-37-86)74(114)102-66(32-22-42-97-85(94)95)77(117)106-67(72(91)112)45-53-47-98-59-25-11-9-23-56(53)59/h9-12,23-26,33-36,47-51,58,61-71,98-99,111H,7-8,13-22,27-32,37-46,86-90H2,1-6H3,(H2,91,112)(H,100,116)(H,101,115)(H,102,114)(H,103,121)(H,104,120)(H,105,122)(H,106,117)(H,107,118)(H,108,123)(H,109,113)(H,110,119)(H4,92,93,96)(H4,94,95,97)/t50-,51-,58-,61-,62-,63-,64-,65-,66-,67-,68-,69-,70-,71-/m0/s1. The van der Waals surface area contributed by atoms with Crippen LogP contribution in [0.15, 0.2) is 95.2 Å². The molecule has 0 aliphatic heterocycles. The van der Waals surface area contributed by atoms with E-state index in [1.165, 1.54) is 24.3 Å². The number of nitrogens with two attached hydrogens (primary N) is 10. The van der Waals surface area contributed by atoms with Crippen molar-refractivity contribution in [2.45, 2.75) is 255 Å². The number of hydrogen-bond donors (Lipinski definition) is 24. The van der Waals surface area contributed by atoms with Crippen LogP contribution in [-0.2, 0) is 76.8 Å². The average molecular weight is 1720 g/mol. The summed E-state index contributed by atoms with van der Waals surface area (Å²) in [4.78, 5) is 190. The Balaban J connectivity index is 1.49. The van der Waals surface area contributed by atoms with Crippen molar-refractivity contribution in [1.82, 2.24) is 68.5 Å². The second kappa shape index (κ2) is 54.1. The number of fused-ring (bicyclic) bond motifs is 2. The van der Waals surface area contributed by atoms with Crippen LogP contribution in [0.4, 0.5) is 0 Å². The molecule has 0 radical (unpaired) electrons. The molecule has 0 unspecified atom stereocenters. The van der Waals surface area contributed by atoms with E-state index >= 15 is 24.0 Å². The Hall–Kier alpha value is -11.5. The molecule has 2 heterocycles. The first-order valence-corrected chi connectivity index (χ1v) is 42.9. The molecule has 0 bridgehead atoms. The Morgan fingerprint density at radius 3 is 1.02 bits per heavy atom. The van der Waals surface area contributed by atoms with Crippen molar-refractivity contribution in [3.63, 3.8) is 0 Å². The summed E-state index contributed by atoms with van der Waals surface area (Å²) in [6.07, 6.45) is 7.05. The number of nitrogens with one attached hydrogen (secondary N) is 13. The first-order chi connectivity index (χ1) is 58.8. The Labute approximate surface area is 719 Å². The highest BCUT2D eigenvalue weighted by molar-refractivity contribution is 6.00. The molecule has 5 rings (SSSR count). The van der Waals surface area contributed by atoms with Crippen LogP contribution in [0.1, 0.15) is 180 Å². The number of aromatic amines is 2. The first-order valence-electron chi connectivity index (χ1n) is 42.9. The molecule has 0 spiro atoms. The van der Waals surface area contributed by atoms with Crippen LogP contribution in [-0.4, -0.2) is 210 Å². The molecule has 0 fully saturated rings. The zero-order valence-electron chi connectivity index (χ0n) is 72.1. The summed E-state index contributed by atoms with van der Waals surface area (Å²) >= 11 is 0. The number of phenolic OH excluding ortho intramolecular Hbond substituents is 1. The van der Waals surface area contributed by atoms with E-state index in [1.807, 2.05) is 57.2 Å². The smallest absolute Gasteiger partial charge is 0.243 e. The summed E-state index contributed by atoms with van der Waals surface area (Å²) in [5, 5.41) is 42.7. The lowest BCUT2D eigenvalue weighted by atomic mass is 9.96. The maximum absolute atomic E-state index is 15.3. The van der Waals surface area contributed by atoms with Gasteiger partial charge in [0.2, 0.25) is 70.9 Å². The van der Waals surface area contributed by atoms with Crippen molar-refractivity contribution in [3.05, 3.63) is 102 Å². The van der Waals surface area contributed by atoms with Gasteiger partial charge in [-0.3, -0.25) is 67.5 Å². The fraction of sp³-hybridized carbons (Fsp3) is 0.576. The van der Waals surface area contributed by atoms with Crippen LogP contribution in [0.5, 0.6) is 5.75 Å². The van der Waals surface area contributed by atoms with Crippen LogP contribution in [0.25, 0.3) is 21.8 Å². The van der Waals surface area contributed by atoms with Gasteiger partial charge in [0.05, 0.1) is 6.04 Å². The quantitative estimate of drug-likeness (QED) is 0.0130. The van der Waals surface area contributed by atoms with Gasteiger partial charge in [0.25, 0.3) is 0 Å². The minimum Gasteiger partial charge on any atom is -0.508 e. The third-order valence-corrected chi connectivity index (χ3v) is 21.6. The minimum absolute atomic E-state index is 0.0101. The number of carbonyl (C=O) groups excluding carboxylic acids is 12. The Morgan fingerprint density at radius 1 is 0.366 bits per heavy atom. The molecule has 38 heteroatoms. The van der Waals surface area contributed by atoms with Crippen molar-refractivity contribution in [1.29, 1.82) is 0 Å². The molecule has 0 aliphatic rings. The predicted octanol–water partition coefficient (Wildman–Crippen LogP) is -0.710. The van der Waals surface area contributed by atoms with Gasteiger partial charge < -0.3 is 131 Å². The van der Waals surface area contributed by atoms with Crippen LogP contribution >= 0.6 is 0 Å². The van der Waals surface area contributed by atoms with Crippen LogP contribution in [0.2, 0.25) is 0 Å². The van der Waals surface area contributed by atoms with E-state index in [4.69, 9.17) is 57.3 Å². The molecule has 2 aromatic heterocycles. The molecule has 34 N–H and O–H groups in total. The lowest BCUT2D eigenvalue weighted by molar-refractivity contribution is -0.137. The second-order valence-electron chi connectivity index (χ2n) is 32.0. The van der Waals surface area contributed by atoms with Crippen molar-refractivity contribution in [2.75, 3.05) is 39.3 Å². The number of hydrogen-bond acceptors (Lipinski definition) is 20. The number of phenols is 1. The number of unbranched alkanes of at least 4 members (excludes halogenated alkanes) is 4. The molecule has 123 heavy (non-hydrogen) atoms. The van der Waals surface area contributed by atoms with Gasteiger partial charge in [-0.2, -0.15) is 0 Å². The number of rotatable bonds is 59. The molecule has 3 aromatic carbocycles. The molecule has 12 amide bonds. The lowest BCUT2D eigenvalue weighted by Gasteiger charge is -2.30. The number of amides is 12. The van der Waals surface area contributed by atoms with E-state index in [0.717, 1.165) is 10.9 Å². The number of carbonyl (C=O) groups is 12. The van der Waals surface area contributed by atoms with E-state index < -0.39 is 149 Å². The molecule has 38 nitrogen and oxygen atoms in total. The second-order valence-corrected chi connectivity index (χ2v) is 32.0. The highest BCUT2D eigenvalue weighted by atomic mass is 16.3. The largest absolute Gasteiger partial charge is 0.508 e. The van der Waals surface area contributed by atoms with Gasteiger partial charge in [-0.05, 0) is 194 Å². The number of aliphatic imine (C=N–C) groups is 2. The molecular weight excluding hydrogens is 1580 g/mol. The van der Waals surface area contributed by atoms with Gasteiger partial charge in [0, 0.05) is 66.6 Å². The minimum atomic E-state index is -1.55. The molecular formula is C85H137N25O13. The summed E-state index contributed by atoms with van der Waals surface area (Å²) < 4.78 is 0. The third-order valence-electron chi connectivity index (χ3n) is 21.6. The molecule has 14 atom stereocenters. The SMILES string of the molecule is CC[C@H](C)[C@H](NC(=O)[C@H](CCCCN)NC(=O)[C@H](CCCCN)NC(=O)[C@@H](NC(=O)[C@@H](N)CC(C)C)[C@@H](C)CC)C(=O)N[C@@H](Cc1ccc(O)cc1)C(=O)N[C@@H](CCCN=C(N)N)C(=O)N[C@@H](CCCCN)C(=O)N[C@@H](Cc1c[nH]c2ccccc12)C(=O)N[C@@H](CCCCN)C(=O)N[C@@H](CCCN=C(N)N)C(=O)N[C@@H](Cc1c[nH]c2ccccc12)C(N)=O. The molecule has 0 aliphatic carbocycles. The van der Waals surface area contributed by atoms with Crippen molar-refractivity contribution in [2.24, 2.45) is 85.1 Å². The number of primary amides is 1. The summed E-state index contributed by atoms with van der Waals surface area (Å²) in [5.74, 6) is -11.1. The van der Waals surface area contributed by atoms with Crippen molar-refractivity contribution >= 4 is 105 Å². The number of nitrogens with zero attached hydrogens (tertiary/aromatic N) is 2. The fourth-order valence-electron chi connectivity index (χ4n) is 14.1. The summed E-state index contributed by atoms with van der Waals surface area (Å²) in [6.45, 7) is 11.9. The predicted molar refractivity (Wildman–Crippen MR) is 474 cm³/mol.